The third-order valence-electron chi connectivity index (χ3n) is 7.51. The molecule has 0 N–H and O–H groups in total. The summed E-state index contributed by atoms with van der Waals surface area (Å²) in [5.74, 6) is 0.727. The van der Waals surface area contributed by atoms with Crippen molar-refractivity contribution in [2.45, 2.75) is 12.8 Å². The van der Waals surface area contributed by atoms with Gasteiger partial charge >= 0.3 is 0 Å². The average molecular weight is 532 g/mol. The molecule has 1 aliphatic rings. The van der Waals surface area contributed by atoms with Gasteiger partial charge in [0.15, 0.2) is 0 Å². The Hall–Kier alpha value is -4.88. The summed E-state index contributed by atoms with van der Waals surface area (Å²) >= 11 is 0. The molecule has 10 nitrogen and oxygen atoms in total. The first kappa shape index (κ1) is 25.4. The summed E-state index contributed by atoms with van der Waals surface area (Å²) in [4.78, 5) is 25.6. The van der Waals surface area contributed by atoms with Crippen molar-refractivity contribution in [2.24, 2.45) is 7.05 Å². The normalized spacial score (nSPS) is 14.8. The lowest BCUT2D eigenvalue weighted by Gasteiger charge is -2.36. The lowest BCUT2D eigenvalue weighted by molar-refractivity contribution is -0.109. The molecule has 200 valence electrons. The Balaban J connectivity index is 1.19. The number of carbonyl (C=O) groups excluding carboxylic acids is 1. The molecule has 0 bridgehead atoms. The van der Waals surface area contributed by atoms with Gasteiger partial charge in [0.25, 0.3) is 0 Å². The molecule has 0 spiro atoms. The molecule has 0 amide bonds. The number of aryl methyl sites for hydroxylation is 2. The summed E-state index contributed by atoms with van der Waals surface area (Å²) < 4.78 is 3.51. The van der Waals surface area contributed by atoms with Crippen LogP contribution in [0.1, 0.15) is 22.7 Å². The minimum Gasteiger partial charge on any atom is -0.354 e. The molecule has 5 aromatic heterocycles. The predicted molar refractivity (Wildman–Crippen MR) is 152 cm³/mol. The van der Waals surface area contributed by atoms with E-state index >= 15 is 0 Å². The second-order valence-corrected chi connectivity index (χ2v) is 10.2. The molecule has 5 aromatic rings. The van der Waals surface area contributed by atoms with Crippen molar-refractivity contribution in [1.29, 1.82) is 5.26 Å². The molecular weight excluding hydrogens is 502 g/mol. The molecule has 1 unspecified atom stereocenters. The number of nitrogens with zero attached hydrogens (tertiary/aromatic N) is 9. The van der Waals surface area contributed by atoms with Gasteiger partial charge in [-0.25, -0.2) is 9.50 Å². The van der Waals surface area contributed by atoms with Gasteiger partial charge in [-0.2, -0.15) is 15.5 Å². The molecule has 0 aliphatic carbocycles. The minimum absolute atomic E-state index is 0.182. The molecule has 1 fully saturated rings. The first-order valence-electron chi connectivity index (χ1n) is 13.2. The first-order valence-corrected chi connectivity index (χ1v) is 13.2. The molecule has 1 saturated heterocycles. The average Bonchev–Trinajstić information content (AvgIpc) is 3.62. The summed E-state index contributed by atoms with van der Waals surface area (Å²) in [7, 11) is 1.88. The number of hydrogen-bond acceptors (Lipinski definition) is 8. The zero-order chi connectivity index (χ0) is 27.6. The zero-order valence-electron chi connectivity index (χ0n) is 22.5. The lowest BCUT2D eigenvalue weighted by atomic mass is 10.0. The van der Waals surface area contributed by atoms with E-state index in [4.69, 9.17) is 4.98 Å². The second kappa shape index (κ2) is 10.7. The van der Waals surface area contributed by atoms with Crippen LogP contribution in [0.3, 0.4) is 0 Å². The molecule has 0 radical (unpaired) electrons. The van der Waals surface area contributed by atoms with Gasteiger partial charge in [0, 0.05) is 92.5 Å². The maximum atomic E-state index is 11.8. The SMILES string of the molecule is Cc1ccc(C(C=O)CN2CCN(c3ccc(-c4cc(-c5cnn(C)c5)cn5ncc(C#N)c45)cn3)CC2)cn1. The first-order chi connectivity index (χ1) is 19.5. The summed E-state index contributed by atoms with van der Waals surface area (Å²) in [5.41, 5.74) is 6.91. The van der Waals surface area contributed by atoms with Gasteiger partial charge in [0.05, 0.1) is 29.4 Å². The van der Waals surface area contributed by atoms with Crippen molar-refractivity contribution in [3.05, 3.63) is 84.3 Å². The van der Waals surface area contributed by atoms with E-state index in [-0.39, 0.29) is 5.92 Å². The smallest absolute Gasteiger partial charge is 0.128 e. The molecule has 0 saturated carbocycles. The van der Waals surface area contributed by atoms with Gasteiger partial charge in [-0.3, -0.25) is 14.6 Å². The van der Waals surface area contributed by atoms with Crippen molar-refractivity contribution in [3.63, 3.8) is 0 Å². The van der Waals surface area contributed by atoms with Gasteiger partial charge in [0.1, 0.15) is 18.2 Å². The quantitative estimate of drug-likeness (QED) is 0.294. The van der Waals surface area contributed by atoms with Crippen LogP contribution in [0.25, 0.3) is 27.8 Å². The Labute approximate surface area is 232 Å². The van der Waals surface area contributed by atoms with Crippen molar-refractivity contribution in [2.75, 3.05) is 37.6 Å². The molecule has 0 aromatic carbocycles. The van der Waals surface area contributed by atoms with Gasteiger partial charge in [-0.05, 0) is 36.8 Å². The number of aromatic nitrogens is 6. The molecule has 6 rings (SSSR count). The lowest BCUT2D eigenvalue weighted by Crippen LogP contribution is -2.48. The zero-order valence-corrected chi connectivity index (χ0v) is 22.5. The number of piperazine rings is 1. The maximum Gasteiger partial charge on any atom is 0.128 e. The van der Waals surface area contributed by atoms with Gasteiger partial charge in [-0.1, -0.05) is 6.07 Å². The largest absolute Gasteiger partial charge is 0.354 e. The van der Waals surface area contributed by atoms with Gasteiger partial charge < -0.3 is 9.69 Å². The van der Waals surface area contributed by atoms with Crippen molar-refractivity contribution in [3.8, 4) is 28.3 Å². The Morgan fingerprint density at radius 1 is 0.950 bits per heavy atom. The van der Waals surface area contributed by atoms with E-state index < -0.39 is 0 Å². The number of pyridine rings is 3. The van der Waals surface area contributed by atoms with Crippen LogP contribution >= 0.6 is 0 Å². The molecule has 40 heavy (non-hydrogen) atoms. The minimum atomic E-state index is -0.182. The number of rotatable bonds is 7. The monoisotopic (exact) mass is 531 g/mol. The third kappa shape index (κ3) is 4.95. The summed E-state index contributed by atoms with van der Waals surface area (Å²) in [6, 6.07) is 12.4. The Morgan fingerprint density at radius 2 is 1.80 bits per heavy atom. The van der Waals surface area contributed by atoms with Crippen LogP contribution < -0.4 is 4.90 Å². The van der Waals surface area contributed by atoms with Crippen LogP contribution in [0.15, 0.2) is 67.5 Å². The highest BCUT2D eigenvalue weighted by Crippen LogP contribution is 2.32. The Morgan fingerprint density at radius 3 is 2.45 bits per heavy atom. The highest BCUT2D eigenvalue weighted by atomic mass is 16.1. The van der Waals surface area contributed by atoms with Crippen LogP contribution in [0.5, 0.6) is 0 Å². The van der Waals surface area contributed by atoms with Crippen LogP contribution in [0, 0.1) is 18.3 Å². The van der Waals surface area contributed by atoms with E-state index in [1.165, 1.54) is 0 Å². The standard InChI is InChI=1S/C30H29N9O/c1-21-3-4-22(13-32-21)27(20-40)18-37-7-9-38(10-8-37)29-6-5-23(14-33-29)28-11-24(26-16-34-36(2)17-26)19-39-30(28)25(12-31)15-35-39/h3-6,11,13-17,19-20,27H,7-10,18H2,1-2H3. The fourth-order valence-electron chi connectivity index (χ4n) is 5.25. The molecule has 6 heterocycles. The van der Waals surface area contributed by atoms with Crippen LogP contribution in [0.4, 0.5) is 5.82 Å². The summed E-state index contributed by atoms with van der Waals surface area (Å²) in [6.45, 7) is 5.98. The van der Waals surface area contributed by atoms with E-state index in [0.717, 1.165) is 77.3 Å². The summed E-state index contributed by atoms with van der Waals surface area (Å²) in [6.07, 6.45) is 12.0. The molecular formula is C30H29N9O. The number of hydrogen-bond donors (Lipinski definition) is 0. The van der Waals surface area contributed by atoms with Gasteiger partial charge in [-0.15, -0.1) is 0 Å². The highest BCUT2D eigenvalue weighted by molar-refractivity contribution is 5.87. The Kier molecular flexibility index (Phi) is 6.80. The van der Waals surface area contributed by atoms with E-state index in [0.29, 0.717) is 12.1 Å². The summed E-state index contributed by atoms with van der Waals surface area (Å²) in [5, 5.41) is 18.4. The second-order valence-electron chi connectivity index (χ2n) is 10.2. The predicted octanol–water partition coefficient (Wildman–Crippen LogP) is 3.48. The van der Waals surface area contributed by atoms with E-state index in [2.05, 4.69) is 43.2 Å². The molecule has 10 heteroatoms. The third-order valence-corrected chi connectivity index (χ3v) is 7.51. The van der Waals surface area contributed by atoms with Gasteiger partial charge in [0.2, 0.25) is 0 Å². The fourth-order valence-corrected chi connectivity index (χ4v) is 5.25. The molecule has 1 atom stereocenters. The number of anilines is 1. The van der Waals surface area contributed by atoms with E-state index in [1.54, 1.807) is 21.6 Å². The number of aldehydes is 1. The van der Waals surface area contributed by atoms with Crippen LogP contribution in [-0.2, 0) is 11.8 Å². The van der Waals surface area contributed by atoms with Crippen molar-refractivity contribution < 1.29 is 4.79 Å². The van der Waals surface area contributed by atoms with Crippen molar-refractivity contribution in [1.82, 2.24) is 34.3 Å². The number of carbonyl (C=O) groups is 1. The van der Waals surface area contributed by atoms with E-state index in [9.17, 15) is 10.1 Å². The fraction of sp³-hybridized carbons (Fsp3) is 0.267. The highest BCUT2D eigenvalue weighted by Gasteiger charge is 2.22. The molecule has 1 aliphatic heterocycles. The maximum absolute atomic E-state index is 11.8. The van der Waals surface area contributed by atoms with Crippen molar-refractivity contribution >= 4 is 17.6 Å². The van der Waals surface area contributed by atoms with Crippen LogP contribution in [-0.4, -0.2) is 73.3 Å². The number of nitriles is 1. The Bertz CT molecular complexity index is 1690. The topological polar surface area (TPSA) is 108 Å². The van der Waals surface area contributed by atoms with Crippen LogP contribution in [0.2, 0.25) is 0 Å². The number of fused-ring (bicyclic) bond motifs is 1. The van der Waals surface area contributed by atoms with E-state index in [1.807, 2.05) is 57.0 Å².